The molecule has 0 aromatic rings. The van der Waals surface area contributed by atoms with Crippen LogP contribution in [0.15, 0.2) is 0 Å². The Balaban J connectivity index is 1.86. The van der Waals surface area contributed by atoms with Gasteiger partial charge in [-0.3, -0.25) is 14.5 Å². The molecule has 0 aromatic carbocycles. The van der Waals surface area contributed by atoms with Crippen molar-refractivity contribution in [3.8, 4) is 11.8 Å². The third kappa shape index (κ3) is 2.37. The predicted octanol–water partition coefficient (Wildman–Crippen LogP) is -0.109. The third-order valence-electron chi connectivity index (χ3n) is 2.73. The van der Waals surface area contributed by atoms with E-state index in [4.69, 9.17) is 0 Å². The first-order valence-corrected chi connectivity index (χ1v) is 5.32. The summed E-state index contributed by atoms with van der Waals surface area (Å²) >= 11 is 0. The summed E-state index contributed by atoms with van der Waals surface area (Å²) in [5, 5.41) is 3.24. The number of hydrogen-bond acceptors (Lipinski definition) is 3. The fourth-order valence-corrected chi connectivity index (χ4v) is 1.85. The van der Waals surface area contributed by atoms with E-state index in [0.29, 0.717) is 12.8 Å². The maximum atomic E-state index is 11.2. The molecule has 2 saturated heterocycles. The van der Waals surface area contributed by atoms with Crippen molar-refractivity contribution in [3.05, 3.63) is 0 Å². The number of carbonyl (C=O) groups is 2. The van der Waals surface area contributed by atoms with Crippen LogP contribution in [0.3, 0.4) is 0 Å². The van der Waals surface area contributed by atoms with Crippen LogP contribution in [0.4, 0.5) is 0 Å². The summed E-state index contributed by atoms with van der Waals surface area (Å²) in [7, 11) is 0. The number of rotatable bonds is 1. The highest BCUT2D eigenvalue weighted by Crippen LogP contribution is 2.10. The lowest BCUT2D eigenvalue weighted by Gasteiger charge is -2.08. The van der Waals surface area contributed by atoms with E-state index >= 15 is 0 Å². The van der Waals surface area contributed by atoms with Crippen molar-refractivity contribution in [3.63, 3.8) is 0 Å². The van der Waals surface area contributed by atoms with Gasteiger partial charge in [-0.25, -0.2) is 0 Å². The Kier molecular flexibility index (Phi) is 3.02. The lowest BCUT2D eigenvalue weighted by Crippen LogP contribution is -2.29. The molecule has 0 aliphatic carbocycles. The van der Waals surface area contributed by atoms with Crippen molar-refractivity contribution in [1.29, 1.82) is 0 Å². The number of likely N-dealkylation sites (tertiary alicyclic amines) is 1. The predicted molar refractivity (Wildman–Crippen MR) is 54.8 cm³/mol. The molecule has 2 amide bonds. The smallest absolute Gasteiger partial charge is 0.230 e. The Morgan fingerprint density at radius 3 is 2.67 bits per heavy atom. The van der Waals surface area contributed by atoms with Gasteiger partial charge >= 0.3 is 0 Å². The van der Waals surface area contributed by atoms with E-state index < -0.39 is 0 Å². The second-order valence-electron chi connectivity index (χ2n) is 3.84. The van der Waals surface area contributed by atoms with Gasteiger partial charge in [-0.15, -0.1) is 0 Å². The van der Waals surface area contributed by atoms with Crippen LogP contribution >= 0.6 is 0 Å². The van der Waals surface area contributed by atoms with Gasteiger partial charge in [0.25, 0.3) is 0 Å². The van der Waals surface area contributed by atoms with Gasteiger partial charge in [0.2, 0.25) is 11.8 Å². The van der Waals surface area contributed by atoms with Crippen LogP contribution in [0, 0.1) is 11.8 Å². The molecule has 2 aliphatic heterocycles. The summed E-state index contributed by atoms with van der Waals surface area (Å²) in [5.41, 5.74) is 0. The molecule has 0 saturated carbocycles. The SMILES string of the molecule is O=C1CCC(=O)N1CC#C[C@@H]1CCCN1. The number of nitrogens with zero attached hydrogens (tertiary/aromatic N) is 1. The summed E-state index contributed by atoms with van der Waals surface area (Å²) < 4.78 is 0. The minimum absolute atomic E-state index is 0.0892. The van der Waals surface area contributed by atoms with Gasteiger partial charge in [0.05, 0.1) is 12.6 Å². The van der Waals surface area contributed by atoms with E-state index in [1.165, 1.54) is 4.90 Å². The Labute approximate surface area is 89.0 Å². The minimum Gasteiger partial charge on any atom is -0.304 e. The average molecular weight is 206 g/mol. The van der Waals surface area contributed by atoms with Gasteiger partial charge in [0, 0.05) is 12.8 Å². The lowest BCUT2D eigenvalue weighted by atomic mass is 10.2. The Morgan fingerprint density at radius 2 is 2.07 bits per heavy atom. The summed E-state index contributed by atoms with van der Waals surface area (Å²) in [6.07, 6.45) is 2.92. The number of nitrogens with one attached hydrogen (secondary N) is 1. The maximum absolute atomic E-state index is 11.2. The molecule has 15 heavy (non-hydrogen) atoms. The van der Waals surface area contributed by atoms with E-state index in [2.05, 4.69) is 17.2 Å². The topological polar surface area (TPSA) is 49.4 Å². The zero-order valence-electron chi connectivity index (χ0n) is 8.58. The summed E-state index contributed by atoms with van der Waals surface area (Å²) in [6.45, 7) is 1.27. The molecule has 0 spiro atoms. The van der Waals surface area contributed by atoms with E-state index in [9.17, 15) is 9.59 Å². The zero-order valence-corrected chi connectivity index (χ0v) is 8.58. The maximum Gasteiger partial charge on any atom is 0.230 e. The summed E-state index contributed by atoms with van der Waals surface area (Å²) in [4.78, 5) is 23.7. The highest BCUT2D eigenvalue weighted by molar-refractivity contribution is 6.02. The molecule has 4 heteroatoms. The number of hydrogen-bond donors (Lipinski definition) is 1. The standard InChI is InChI=1S/C11H14N2O2/c14-10-5-6-11(15)13(10)8-2-4-9-3-1-7-12-9/h9,12H,1,3,5-8H2/t9-/m0/s1. The van der Waals surface area contributed by atoms with Crippen molar-refractivity contribution in [2.75, 3.05) is 13.1 Å². The number of carbonyl (C=O) groups excluding carboxylic acids is 2. The van der Waals surface area contributed by atoms with Gasteiger partial charge in [0.15, 0.2) is 0 Å². The highest BCUT2D eigenvalue weighted by Gasteiger charge is 2.27. The molecule has 2 heterocycles. The quantitative estimate of drug-likeness (QED) is 0.481. The van der Waals surface area contributed by atoms with Gasteiger partial charge in [-0.1, -0.05) is 11.8 Å². The van der Waals surface area contributed by atoms with Crippen LogP contribution < -0.4 is 5.32 Å². The molecule has 0 bridgehead atoms. The molecule has 0 radical (unpaired) electrons. The molecule has 80 valence electrons. The molecular weight excluding hydrogens is 192 g/mol. The fourth-order valence-electron chi connectivity index (χ4n) is 1.85. The van der Waals surface area contributed by atoms with Gasteiger partial charge < -0.3 is 5.32 Å². The summed E-state index contributed by atoms with van der Waals surface area (Å²) in [6, 6.07) is 0.248. The van der Waals surface area contributed by atoms with Gasteiger partial charge in [-0.05, 0) is 19.4 Å². The van der Waals surface area contributed by atoms with Crippen LogP contribution in [0.5, 0.6) is 0 Å². The van der Waals surface area contributed by atoms with Crippen molar-refractivity contribution in [1.82, 2.24) is 10.2 Å². The molecule has 2 rings (SSSR count). The largest absolute Gasteiger partial charge is 0.304 e. The number of amides is 2. The molecular formula is C11H14N2O2. The van der Waals surface area contributed by atoms with E-state index in [1.807, 2.05) is 0 Å². The second kappa shape index (κ2) is 4.45. The Bertz CT molecular complexity index is 318. The first kappa shape index (κ1) is 10.2. The monoisotopic (exact) mass is 206 g/mol. The van der Waals surface area contributed by atoms with E-state index in [1.54, 1.807) is 0 Å². The van der Waals surface area contributed by atoms with Crippen molar-refractivity contribution >= 4 is 11.8 Å². The molecule has 0 unspecified atom stereocenters. The van der Waals surface area contributed by atoms with Gasteiger partial charge in [0.1, 0.15) is 0 Å². The second-order valence-corrected chi connectivity index (χ2v) is 3.84. The van der Waals surface area contributed by atoms with Crippen LogP contribution in [-0.2, 0) is 9.59 Å². The van der Waals surface area contributed by atoms with E-state index in [0.717, 1.165) is 19.4 Å². The van der Waals surface area contributed by atoms with Gasteiger partial charge in [-0.2, -0.15) is 0 Å². The average Bonchev–Trinajstić information content (AvgIpc) is 2.82. The lowest BCUT2D eigenvalue weighted by molar-refractivity contribution is -0.137. The summed E-state index contributed by atoms with van der Waals surface area (Å²) in [5.74, 6) is 5.77. The minimum atomic E-state index is -0.0892. The van der Waals surface area contributed by atoms with Crippen LogP contribution in [0.25, 0.3) is 0 Å². The molecule has 0 aromatic heterocycles. The van der Waals surface area contributed by atoms with Crippen LogP contribution in [0.2, 0.25) is 0 Å². The Hall–Kier alpha value is -1.34. The van der Waals surface area contributed by atoms with Crippen LogP contribution in [0.1, 0.15) is 25.7 Å². The molecule has 2 aliphatic rings. The van der Waals surface area contributed by atoms with Crippen molar-refractivity contribution < 1.29 is 9.59 Å². The van der Waals surface area contributed by atoms with Crippen LogP contribution in [-0.4, -0.2) is 35.8 Å². The highest BCUT2D eigenvalue weighted by atomic mass is 16.2. The number of imide groups is 1. The molecule has 4 nitrogen and oxygen atoms in total. The first-order valence-electron chi connectivity index (χ1n) is 5.32. The normalized spacial score (nSPS) is 25.6. The first-order chi connectivity index (χ1) is 7.27. The molecule has 1 N–H and O–H groups in total. The van der Waals surface area contributed by atoms with Crippen molar-refractivity contribution in [2.45, 2.75) is 31.7 Å². The van der Waals surface area contributed by atoms with E-state index in [-0.39, 0.29) is 24.4 Å². The fraction of sp³-hybridized carbons (Fsp3) is 0.636. The zero-order chi connectivity index (χ0) is 10.7. The third-order valence-corrected chi connectivity index (χ3v) is 2.73. The molecule has 1 atom stereocenters. The Morgan fingerprint density at radius 1 is 1.33 bits per heavy atom. The molecule has 2 fully saturated rings. The van der Waals surface area contributed by atoms with Crippen molar-refractivity contribution in [2.24, 2.45) is 0 Å².